The topological polar surface area (TPSA) is 64.4 Å². The second-order valence-corrected chi connectivity index (χ2v) is 6.96. The van der Waals surface area contributed by atoms with Gasteiger partial charge in [0.25, 0.3) is 5.91 Å². The Kier molecular flexibility index (Phi) is 4.81. The molecule has 0 aromatic carbocycles. The summed E-state index contributed by atoms with van der Waals surface area (Å²) in [7, 11) is 1.61. The molecule has 1 aliphatic carbocycles. The maximum absolute atomic E-state index is 12.3. The lowest BCUT2D eigenvalue weighted by molar-refractivity contribution is 0.0830. The summed E-state index contributed by atoms with van der Waals surface area (Å²) in [6.45, 7) is 0.369. The van der Waals surface area contributed by atoms with Crippen LogP contribution in [-0.4, -0.2) is 24.7 Å². The highest BCUT2D eigenvalue weighted by molar-refractivity contribution is 7.16. The number of aryl methyl sites for hydroxylation is 1. The summed E-state index contributed by atoms with van der Waals surface area (Å²) in [5.41, 5.74) is 1.37. The fourth-order valence-electron chi connectivity index (χ4n) is 2.63. The molecular formula is C15H17ClN2O3S. The van der Waals surface area contributed by atoms with Gasteiger partial charge in [0.2, 0.25) is 0 Å². The lowest BCUT2D eigenvalue weighted by atomic mass is 9.96. The second-order valence-electron chi connectivity index (χ2n) is 5.22. The van der Waals surface area contributed by atoms with Crippen LogP contribution < -0.4 is 5.32 Å². The van der Waals surface area contributed by atoms with Crippen LogP contribution in [-0.2, 0) is 17.6 Å². The monoisotopic (exact) mass is 340 g/mol. The summed E-state index contributed by atoms with van der Waals surface area (Å²) in [6.07, 6.45) is 3.67. The molecule has 7 heteroatoms. The van der Waals surface area contributed by atoms with Crippen LogP contribution in [0.25, 0.3) is 0 Å². The molecule has 2 aromatic rings. The average molecular weight is 341 g/mol. The van der Waals surface area contributed by atoms with Crippen LogP contribution >= 0.6 is 22.9 Å². The number of aromatic nitrogens is 1. The number of hydrogen-bond acceptors (Lipinski definition) is 5. The van der Waals surface area contributed by atoms with Gasteiger partial charge in [0.15, 0.2) is 5.69 Å². The Labute approximate surface area is 137 Å². The van der Waals surface area contributed by atoms with E-state index < -0.39 is 0 Å². The van der Waals surface area contributed by atoms with Crippen molar-refractivity contribution >= 4 is 28.8 Å². The molecule has 118 valence electrons. The van der Waals surface area contributed by atoms with Crippen molar-refractivity contribution in [3.63, 3.8) is 0 Å². The first-order chi connectivity index (χ1) is 10.7. The molecule has 2 heterocycles. The van der Waals surface area contributed by atoms with Crippen molar-refractivity contribution < 1.29 is 14.1 Å². The number of methoxy groups -OCH3 is 1. The molecule has 22 heavy (non-hydrogen) atoms. The summed E-state index contributed by atoms with van der Waals surface area (Å²) in [6, 6.07) is 3.73. The highest BCUT2D eigenvalue weighted by Gasteiger charge is 2.24. The highest BCUT2D eigenvalue weighted by Crippen LogP contribution is 2.28. The number of rotatable bonds is 5. The van der Waals surface area contributed by atoms with E-state index in [-0.39, 0.29) is 12.0 Å². The van der Waals surface area contributed by atoms with E-state index in [1.807, 2.05) is 12.1 Å². The summed E-state index contributed by atoms with van der Waals surface area (Å²) >= 11 is 7.39. The van der Waals surface area contributed by atoms with Crippen LogP contribution in [0.2, 0.25) is 4.34 Å². The van der Waals surface area contributed by atoms with E-state index in [1.54, 1.807) is 7.11 Å². The SMILES string of the molecule is COC(CNC(=O)c1noc2c1CCCC2)c1ccc(Cl)s1. The lowest BCUT2D eigenvalue weighted by Gasteiger charge is -2.14. The zero-order valence-corrected chi connectivity index (χ0v) is 13.8. The zero-order valence-electron chi connectivity index (χ0n) is 12.2. The number of nitrogens with zero attached hydrogens (tertiary/aromatic N) is 1. The van der Waals surface area contributed by atoms with Crippen molar-refractivity contribution in [3.8, 4) is 0 Å². The van der Waals surface area contributed by atoms with E-state index in [0.717, 1.165) is 41.9 Å². The first-order valence-corrected chi connectivity index (χ1v) is 8.42. The number of carbonyl (C=O) groups is 1. The minimum absolute atomic E-state index is 0.211. The molecule has 0 fully saturated rings. The van der Waals surface area contributed by atoms with E-state index in [4.69, 9.17) is 20.9 Å². The van der Waals surface area contributed by atoms with Gasteiger partial charge in [-0.15, -0.1) is 11.3 Å². The van der Waals surface area contributed by atoms with Gasteiger partial charge < -0.3 is 14.6 Å². The molecule has 0 spiro atoms. The van der Waals surface area contributed by atoms with Gasteiger partial charge in [-0.3, -0.25) is 4.79 Å². The average Bonchev–Trinajstić information content (AvgIpc) is 3.14. The van der Waals surface area contributed by atoms with Crippen LogP contribution in [0.5, 0.6) is 0 Å². The first kappa shape index (κ1) is 15.5. The Balaban J connectivity index is 1.65. The molecule has 1 aliphatic rings. The Bertz CT molecular complexity index is 668. The minimum atomic E-state index is -0.218. The lowest BCUT2D eigenvalue weighted by Crippen LogP contribution is -2.30. The van der Waals surface area contributed by atoms with E-state index in [1.165, 1.54) is 11.3 Å². The molecule has 0 saturated heterocycles. The number of hydrogen-bond donors (Lipinski definition) is 1. The molecule has 5 nitrogen and oxygen atoms in total. The van der Waals surface area contributed by atoms with Crippen LogP contribution in [0.1, 0.15) is 45.6 Å². The van der Waals surface area contributed by atoms with Crippen molar-refractivity contribution in [1.29, 1.82) is 0 Å². The molecule has 3 rings (SSSR count). The standard InChI is InChI=1S/C15H17ClN2O3S/c1-20-11(12-6-7-13(16)22-12)8-17-15(19)14-9-4-2-3-5-10(9)21-18-14/h6-7,11H,2-5,8H2,1H3,(H,17,19). The Morgan fingerprint density at radius 2 is 2.32 bits per heavy atom. The normalized spacial score (nSPS) is 15.4. The van der Waals surface area contributed by atoms with Gasteiger partial charge in [0, 0.05) is 30.5 Å². The van der Waals surface area contributed by atoms with Crippen molar-refractivity contribution in [2.45, 2.75) is 31.8 Å². The number of fused-ring (bicyclic) bond motifs is 1. The van der Waals surface area contributed by atoms with E-state index in [0.29, 0.717) is 16.6 Å². The summed E-state index contributed by atoms with van der Waals surface area (Å²) < 4.78 is 11.4. The maximum atomic E-state index is 12.3. The molecule has 2 aromatic heterocycles. The molecule has 1 atom stereocenters. The molecule has 0 aliphatic heterocycles. The smallest absolute Gasteiger partial charge is 0.273 e. The van der Waals surface area contributed by atoms with E-state index in [9.17, 15) is 4.79 Å². The molecule has 0 bridgehead atoms. The number of ether oxygens (including phenoxy) is 1. The van der Waals surface area contributed by atoms with Gasteiger partial charge in [-0.25, -0.2) is 0 Å². The van der Waals surface area contributed by atoms with Crippen molar-refractivity contribution in [2.24, 2.45) is 0 Å². The largest absolute Gasteiger partial charge is 0.374 e. The van der Waals surface area contributed by atoms with Gasteiger partial charge >= 0.3 is 0 Å². The molecule has 1 unspecified atom stereocenters. The third kappa shape index (κ3) is 3.19. The number of nitrogens with one attached hydrogen (secondary N) is 1. The van der Waals surface area contributed by atoms with Crippen molar-refractivity contribution in [1.82, 2.24) is 10.5 Å². The molecule has 1 N–H and O–H groups in total. The van der Waals surface area contributed by atoms with Gasteiger partial charge in [0.05, 0.1) is 4.34 Å². The quantitative estimate of drug-likeness (QED) is 0.906. The molecule has 0 radical (unpaired) electrons. The van der Waals surface area contributed by atoms with E-state index >= 15 is 0 Å². The fraction of sp³-hybridized carbons (Fsp3) is 0.467. The molecular weight excluding hydrogens is 324 g/mol. The summed E-state index contributed by atoms with van der Waals surface area (Å²) in [5, 5.41) is 6.80. The molecule has 1 amide bonds. The second kappa shape index (κ2) is 6.81. The summed E-state index contributed by atoms with van der Waals surface area (Å²) in [5.74, 6) is 0.640. The summed E-state index contributed by atoms with van der Waals surface area (Å²) in [4.78, 5) is 13.3. The third-order valence-corrected chi connectivity index (χ3v) is 5.13. The van der Waals surface area contributed by atoms with E-state index in [2.05, 4.69) is 10.5 Å². The van der Waals surface area contributed by atoms with Gasteiger partial charge in [-0.1, -0.05) is 16.8 Å². The Hall–Kier alpha value is -1.37. The van der Waals surface area contributed by atoms with Gasteiger partial charge in [0.1, 0.15) is 11.9 Å². The van der Waals surface area contributed by atoms with Crippen LogP contribution in [0.4, 0.5) is 0 Å². The van der Waals surface area contributed by atoms with Crippen molar-refractivity contribution in [2.75, 3.05) is 13.7 Å². The van der Waals surface area contributed by atoms with Crippen LogP contribution in [0, 0.1) is 0 Å². The first-order valence-electron chi connectivity index (χ1n) is 7.22. The predicted molar refractivity (Wildman–Crippen MR) is 84.6 cm³/mol. The molecule has 0 saturated carbocycles. The zero-order chi connectivity index (χ0) is 15.5. The van der Waals surface area contributed by atoms with Crippen molar-refractivity contribution in [3.05, 3.63) is 38.4 Å². The fourth-order valence-corrected chi connectivity index (χ4v) is 3.77. The Morgan fingerprint density at radius 3 is 3.05 bits per heavy atom. The Morgan fingerprint density at radius 1 is 1.50 bits per heavy atom. The third-order valence-electron chi connectivity index (χ3n) is 3.81. The number of carbonyl (C=O) groups excluding carboxylic acids is 1. The number of amides is 1. The number of thiophene rings is 1. The van der Waals surface area contributed by atoms with Crippen LogP contribution in [0.3, 0.4) is 0 Å². The van der Waals surface area contributed by atoms with Crippen LogP contribution in [0.15, 0.2) is 16.7 Å². The van der Waals surface area contributed by atoms with Gasteiger partial charge in [-0.05, 0) is 31.4 Å². The van der Waals surface area contributed by atoms with Gasteiger partial charge in [-0.2, -0.15) is 0 Å². The maximum Gasteiger partial charge on any atom is 0.273 e. The predicted octanol–water partition coefficient (Wildman–Crippen LogP) is 3.39. The highest BCUT2D eigenvalue weighted by atomic mass is 35.5. The minimum Gasteiger partial charge on any atom is -0.374 e. The number of halogens is 1.